The lowest BCUT2D eigenvalue weighted by Gasteiger charge is -2.06. The molecule has 0 radical (unpaired) electrons. The minimum atomic E-state index is -1.23. The molecule has 0 saturated carbocycles. The number of aromatic nitrogens is 5. The molecule has 3 heterocycles. The van der Waals surface area contributed by atoms with E-state index in [1.54, 1.807) is 30.2 Å². The van der Waals surface area contributed by atoms with Gasteiger partial charge in [0.2, 0.25) is 0 Å². The summed E-state index contributed by atoms with van der Waals surface area (Å²) in [5, 5.41) is 16.9. The van der Waals surface area contributed by atoms with Gasteiger partial charge in [-0.3, -0.25) is 4.79 Å². The monoisotopic (exact) mass is 289 g/mol. The van der Waals surface area contributed by atoms with Crippen LogP contribution in [-0.4, -0.2) is 35.6 Å². The second-order valence-electron chi connectivity index (χ2n) is 4.44. The average molecular weight is 289 g/mol. The fourth-order valence-electron chi connectivity index (χ4n) is 2.07. The van der Waals surface area contributed by atoms with Crippen molar-refractivity contribution in [3.8, 4) is 0 Å². The quantitative estimate of drug-likeness (QED) is 0.733. The molecule has 9 heteroatoms. The Kier molecular flexibility index (Phi) is 3.01. The molecule has 0 aromatic carbocycles. The number of carboxylic acids is 1. The highest BCUT2D eigenvalue weighted by Crippen LogP contribution is 2.17. The summed E-state index contributed by atoms with van der Waals surface area (Å²) < 4.78 is 7.74. The van der Waals surface area contributed by atoms with E-state index in [0.717, 1.165) is 4.68 Å². The fourth-order valence-corrected chi connectivity index (χ4v) is 2.07. The molecule has 0 aliphatic heterocycles. The molecular formula is C12H11N5O4. The number of imidazole rings is 1. The molecule has 0 aliphatic rings. The summed E-state index contributed by atoms with van der Waals surface area (Å²) in [5.41, 5.74) is -0.744. The lowest BCUT2D eigenvalue weighted by atomic mass is 10.2. The van der Waals surface area contributed by atoms with Crippen molar-refractivity contribution < 1.29 is 14.4 Å². The third kappa shape index (κ3) is 2.18. The number of rotatable bonds is 4. The van der Waals surface area contributed by atoms with Crippen molar-refractivity contribution in [2.45, 2.75) is 20.0 Å². The number of hydrogen-bond acceptors (Lipinski definition) is 6. The van der Waals surface area contributed by atoms with Crippen molar-refractivity contribution in [3.05, 3.63) is 40.5 Å². The normalized spacial score (nSPS) is 11.1. The Morgan fingerprint density at radius 1 is 1.43 bits per heavy atom. The number of fused-ring (bicyclic) bond motifs is 1. The van der Waals surface area contributed by atoms with Gasteiger partial charge in [-0.15, -0.1) is 0 Å². The average Bonchev–Trinajstić information content (AvgIpc) is 3.08. The van der Waals surface area contributed by atoms with Gasteiger partial charge < -0.3 is 14.2 Å². The minimum Gasteiger partial charge on any atom is -0.476 e. The Balaban J connectivity index is 2.08. The molecular weight excluding hydrogens is 278 g/mol. The molecule has 108 valence electrons. The lowest BCUT2D eigenvalue weighted by Crippen LogP contribution is -2.27. The molecule has 3 aromatic heterocycles. The van der Waals surface area contributed by atoms with Crippen molar-refractivity contribution in [1.82, 2.24) is 24.5 Å². The smallest absolute Gasteiger partial charge is 0.357 e. The zero-order valence-electron chi connectivity index (χ0n) is 11.1. The van der Waals surface area contributed by atoms with Crippen LogP contribution in [0.4, 0.5) is 0 Å². The van der Waals surface area contributed by atoms with Crippen LogP contribution in [-0.2, 0) is 13.1 Å². The molecule has 0 aliphatic carbocycles. The highest BCUT2D eigenvalue weighted by atomic mass is 16.5. The second kappa shape index (κ2) is 4.85. The standard InChI is InChI=1S/C12H11N5O4/c1-7-8-9(15-21-7)11(18)17(14-10(8)12(19)20)5-4-16-3-2-13-6-16/h2-3,6H,4-5H2,1H3,(H,19,20). The fraction of sp³-hybridized carbons (Fsp3) is 0.250. The third-order valence-electron chi connectivity index (χ3n) is 3.09. The maximum Gasteiger partial charge on any atom is 0.357 e. The van der Waals surface area contributed by atoms with Gasteiger partial charge in [0.1, 0.15) is 5.76 Å². The van der Waals surface area contributed by atoms with E-state index in [4.69, 9.17) is 4.52 Å². The summed E-state index contributed by atoms with van der Waals surface area (Å²) in [6, 6.07) is 0. The van der Waals surface area contributed by atoms with Gasteiger partial charge >= 0.3 is 5.97 Å². The van der Waals surface area contributed by atoms with Crippen LogP contribution in [0.15, 0.2) is 28.0 Å². The molecule has 3 aromatic rings. The van der Waals surface area contributed by atoms with E-state index >= 15 is 0 Å². The van der Waals surface area contributed by atoms with Crippen LogP contribution in [0.25, 0.3) is 10.9 Å². The molecule has 21 heavy (non-hydrogen) atoms. The molecule has 0 saturated heterocycles. The van der Waals surface area contributed by atoms with Gasteiger partial charge in [0.15, 0.2) is 11.2 Å². The van der Waals surface area contributed by atoms with Crippen LogP contribution < -0.4 is 5.56 Å². The molecule has 0 fully saturated rings. The van der Waals surface area contributed by atoms with Crippen LogP contribution in [0.2, 0.25) is 0 Å². The Bertz CT molecular complexity index is 862. The summed E-state index contributed by atoms with van der Waals surface area (Å²) in [5.74, 6) is -0.976. The maximum atomic E-state index is 12.2. The summed E-state index contributed by atoms with van der Waals surface area (Å²) in [4.78, 5) is 27.4. The van der Waals surface area contributed by atoms with E-state index in [9.17, 15) is 14.7 Å². The van der Waals surface area contributed by atoms with E-state index < -0.39 is 11.5 Å². The van der Waals surface area contributed by atoms with E-state index in [2.05, 4.69) is 15.2 Å². The maximum absolute atomic E-state index is 12.2. The summed E-state index contributed by atoms with van der Waals surface area (Å²) >= 11 is 0. The summed E-state index contributed by atoms with van der Waals surface area (Å²) in [6.07, 6.45) is 4.95. The topological polar surface area (TPSA) is 116 Å². The Hall–Kier alpha value is -2.97. The molecule has 0 unspecified atom stereocenters. The number of hydrogen-bond donors (Lipinski definition) is 1. The molecule has 0 bridgehead atoms. The van der Waals surface area contributed by atoms with Gasteiger partial charge in [-0.05, 0) is 6.92 Å². The van der Waals surface area contributed by atoms with Gasteiger partial charge in [0.05, 0.1) is 18.3 Å². The first-order chi connectivity index (χ1) is 10.1. The summed E-state index contributed by atoms with van der Waals surface area (Å²) in [6.45, 7) is 2.18. The highest BCUT2D eigenvalue weighted by molar-refractivity contribution is 6.00. The Morgan fingerprint density at radius 3 is 2.90 bits per heavy atom. The Labute approximate surface area is 117 Å². The predicted molar refractivity (Wildman–Crippen MR) is 70.0 cm³/mol. The zero-order chi connectivity index (χ0) is 15.0. The van der Waals surface area contributed by atoms with Crippen LogP contribution in [0.5, 0.6) is 0 Å². The molecule has 9 nitrogen and oxygen atoms in total. The van der Waals surface area contributed by atoms with Crippen molar-refractivity contribution in [2.24, 2.45) is 0 Å². The van der Waals surface area contributed by atoms with Crippen LogP contribution in [0, 0.1) is 6.92 Å². The van der Waals surface area contributed by atoms with Gasteiger partial charge in [0, 0.05) is 18.9 Å². The molecule has 0 spiro atoms. The minimum absolute atomic E-state index is 0.0227. The SMILES string of the molecule is Cc1onc2c(=O)n(CCn3ccnc3)nc(C(=O)O)c12. The zero-order valence-corrected chi connectivity index (χ0v) is 11.1. The summed E-state index contributed by atoms with van der Waals surface area (Å²) in [7, 11) is 0. The van der Waals surface area contributed by atoms with Crippen LogP contribution >= 0.6 is 0 Å². The molecule has 3 rings (SSSR count). The predicted octanol–water partition coefficient (Wildman–Crippen LogP) is 0.288. The Morgan fingerprint density at radius 2 is 2.24 bits per heavy atom. The van der Waals surface area contributed by atoms with Crippen LogP contribution in [0.1, 0.15) is 16.2 Å². The number of aryl methyl sites for hydroxylation is 3. The van der Waals surface area contributed by atoms with Gasteiger partial charge in [-0.2, -0.15) is 5.10 Å². The second-order valence-corrected chi connectivity index (χ2v) is 4.44. The molecule has 1 N–H and O–H groups in total. The van der Waals surface area contributed by atoms with E-state index in [1.165, 1.54) is 0 Å². The number of aromatic carboxylic acids is 1. The van der Waals surface area contributed by atoms with Gasteiger partial charge in [0.25, 0.3) is 5.56 Å². The van der Waals surface area contributed by atoms with E-state index in [-0.39, 0.29) is 28.9 Å². The van der Waals surface area contributed by atoms with Crippen molar-refractivity contribution in [1.29, 1.82) is 0 Å². The van der Waals surface area contributed by atoms with Gasteiger partial charge in [-0.25, -0.2) is 14.5 Å². The first-order valence-electron chi connectivity index (χ1n) is 6.14. The molecule has 0 amide bonds. The van der Waals surface area contributed by atoms with Crippen molar-refractivity contribution >= 4 is 16.9 Å². The first-order valence-corrected chi connectivity index (χ1v) is 6.14. The number of carbonyl (C=O) groups is 1. The lowest BCUT2D eigenvalue weighted by molar-refractivity contribution is 0.0689. The first kappa shape index (κ1) is 13.0. The van der Waals surface area contributed by atoms with E-state index in [0.29, 0.717) is 6.54 Å². The largest absolute Gasteiger partial charge is 0.476 e. The van der Waals surface area contributed by atoms with Crippen molar-refractivity contribution in [3.63, 3.8) is 0 Å². The van der Waals surface area contributed by atoms with Gasteiger partial charge in [-0.1, -0.05) is 5.16 Å². The third-order valence-corrected chi connectivity index (χ3v) is 3.09. The number of nitrogens with zero attached hydrogens (tertiary/aromatic N) is 5. The van der Waals surface area contributed by atoms with E-state index in [1.807, 2.05) is 0 Å². The number of carboxylic acid groups (broad SMARTS) is 1. The highest BCUT2D eigenvalue weighted by Gasteiger charge is 2.21. The van der Waals surface area contributed by atoms with Crippen LogP contribution in [0.3, 0.4) is 0 Å². The van der Waals surface area contributed by atoms with Crippen molar-refractivity contribution in [2.75, 3.05) is 0 Å². The molecule has 0 atom stereocenters.